The molecule has 1 aromatic carbocycles. The van der Waals surface area contributed by atoms with Gasteiger partial charge in [0, 0.05) is 5.56 Å². The maximum absolute atomic E-state index is 6.81. The lowest BCUT2D eigenvalue weighted by Gasteiger charge is -2.05. The van der Waals surface area contributed by atoms with E-state index < -0.39 is 0 Å². The van der Waals surface area contributed by atoms with Crippen molar-refractivity contribution >= 4 is 0 Å². The van der Waals surface area contributed by atoms with Gasteiger partial charge in [0.05, 0.1) is 0 Å². The second-order valence-electron chi connectivity index (χ2n) is 3.19. The summed E-state index contributed by atoms with van der Waals surface area (Å²) in [5.41, 5.74) is 4.95. The summed E-state index contributed by atoms with van der Waals surface area (Å²) in [6, 6.07) is 4.26. The summed E-state index contributed by atoms with van der Waals surface area (Å²) in [6.07, 6.45) is 0. The molecule has 0 fully saturated rings. The van der Waals surface area contributed by atoms with Crippen LogP contribution in [0.3, 0.4) is 0 Å². The van der Waals surface area contributed by atoms with Crippen molar-refractivity contribution in [1.29, 1.82) is 0 Å². The second kappa shape index (κ2) is 3.40. The normalized spacial score (nSPS) is 9.50. The summed E-state index contributed by atoms with van der Waals surface area (Å²) >= 11 is 0. The van der Waals surface area contributed by atoms with Crippen LogP contribution in [0.5, 0.6) is 0 Å². The fourth-order valence-electron chi connectivity index (χ4n) is 1.54. The Labute approximate surface area is 73.9 Å². The zero-order valence-corrected chi connectivity index (χ0v) is 7.81. The van der Waals surface area contributed by atoms with Gasteiger partial charge in [-0.1, -0.05) is 17.7 Å². The van der Waals surface area contributed by atoms with Gasteiger partial charge < -0.3 is 4.85 Å². The molecule has 0 amide bonds. The Balaban J connectivity index is 3.21. The maximum Gasteiger partial charge on any atom is 0.240 e. The Bertz CT molecular complexity index is 308. The first kappa shape index (κ1) is 8.80. The van der Waals surface area contributed by atoms with Crippen molar-refractivity contribution in [3.63, 3.8) is 0 Å². The van der Waals surface area contributed by atoms with Crippen LogP contribution in [0, 0.1) is 27.3 Å². The van der Waals surface area contributed by atoms with Crippen molar-refractivity contribution in [3.8, 4) is 0 Å². The highest BCUT2D eigenvalue weighted by atomic mass is 14.6. The average Bonchev–Trinajstić information content (AvgIpc) is 1.96. The first-order valence-electron chi connectivity index (χ1n) is 4.05. The van der Waals surface area contributed by atoms with Crippen molar-refractivity contribution in [2.24, 2.45) is 0 Å². The molecule has 0 aliphatic carbocycles. The van der Waals surface area contributed by atoms with Gasteiger partial charge in [-0.25, -0.2) is 6.57 Å². The molecule has 1 aromatic rings. The molecule has 62 valence electrons. The van der Waals surface area contributed by atoms with Gasteiger partial charge in [-0.15, -0.1) is 0 Å². The van der Waals surface area contributed by atoms with E-state index in [4.69, 9.17) is 6.57 Å². The minimum absolute atomic E-state index is 0.512. The second-order valence-corrected chi connectivity index (χ2v) is 3.19. The summed E-state index contributed by atoms with van der Waals surface area (Å²) in [4.78, 5) is 3.41. The molecule has 0 bridgehead atoms. The summed E-state index contributed by atoms with van der Waals surface area (Å²) in [6.45, 7) is 13.5. The lowest BCUT2D eigenvalue weighted by molar-refractivity contribution is 1.15. The molecule has 0 N–H and O–H groups in total. The Kier molecular flexibility index (Phi) is 2.50. The molecule has 0 aromatic heterocycles. The van der Waals surface area contributed by atoms with Gasteiger partial charge in [0.25, 0.3) is 0 Å². The Morgan fingerprint density at radius 2 is 1.67 bits per heavy atom. The summed E-state index contributed by atoms with van der Waals surface area (Å²) in [5.74, 6) is 0. The number of hydrogen-bond donors (Lipinski definition) is 0. The monoisotopic (exact) mass is 159 g/mol. The molecule has 0 spiro atoms. The molecule has 0 saturated heterocycles. The van der Waals surface area contributed by atoms with Crippen LogP contribution in [-0.2, 0) is 6.54 Å². The first-order chi connectivity index (χ1) is 5.65. The summed E-state index contributed by atoms with van der Waals surface area (Å²) in [7, 11) is 0. The van der Waals surface area contributed by atoms with Crippen LogP contribution in [0.4, 0.5) is 0 Å². The molecule has 0 heterocycles. The largest absolute Gasteiger partial charge is 0.312 e. The Morgan fingerprint density at radius 3 is 2.08 bits per heavy atom. The van der Waals surface area contributed by atoms with Crippen LogP contribution >= 0.6 is 0 Å². The highest BCUT2D eigenvalue weighted by molar-refractivity contribution is 5.37. The van der Waals surface area contributed by atoms with E-state index in [-0.39, 0.29) is 0 Å². The molecule has 0 radical (unpaired) electrons. The van der Waals surface area contributed by atoms with E-state index in [1.165, 1.54) is 22.3 Å². The van der Waals surface area contributed by atoms with Crippen LogP contribution in [0.1, 0.15) is 22.3 Å². The molecular formula is C11H13N. The molecule has 1 nitrogen and oxygen atoms in total. The van der Waals surface area contributed by atoms with E-state index in [1.807, 2.05) is 0 Å². The molecule has 0 saturated carbocycles. The van der Waals surface area contributed by atoms with Crippen LogP contribution < -0.4 is 0 Å². The Hall–Kier alpha value is -1.29. The third kappa shape index (κ3) is 1.65. The van der Waals surface area contributed by atoms with Crippen molar-refractivity contribution in [3.05, 3.63) is 45.8 Å². The minimum atomic E-state index is 0.512. The highest BCUT2D eigenvalue weighted by Gasteiger charge is 2.04. The lowest BCUT2D eigenvalue weighted by atomic mass is 10.0. The topological polar surface area (TPSA) is 4.36 Å². The van der Waals surface area contributed by atoms with Crippen LogP contribution in [0.25, 0.3) is 4.85 Å². The van der Waals surface area contributed by atoms with Gasteiger partial charge >= 0.3 is 0 Å². The van der Waals surface area contributed by atoms with Crippen LogP contribution in [0.15, 0.2) is 12.1 Å². The molecule has 1 heteroatoms. The predicted molar refractivity (Wildman–Crippen MR) is 51.0 cm³/mol. The van der Waals surface area contributed by atoms with E-state index in [2.05, 4.69) is 37.7 Å². The van der Waals surface area contributed by atoms with Gasteiger partial charge in [0.15, 0.2) is 0 Å². The number of nitrogens with zero attached hydrogens (tertiary/aromatic N) is 1. The molecule has 1 rings (SSSR count). The minimum Gasteiger partial charge on any atom is -0.312 e. The van der Waals surface area contributed by atoms with Crippen molar-refractivity contribution < 1.29 is 0 Å². The number of hydrogen-bond acceptors (Lipinski definition) is 0. The molecule has 0 aliphatic rings. The average molecular weight is 159 g/mol. The Morgan fingerprint density at radius 1 is 1.17 bits per heavy atom. The predicted octanol–water partition coefficient (Wildman–Crippen LogP) is 3.03. The molecule has 0 atom stereocenters. The van der Waals surface area contributed by atoms with Gasteiger partial charge in [-0.2, -0.15) is 0 Å². The van der Waals surface area contributed by atoms with E-state index in [1.54, 1.807) is 0 Å². The zero-order valence-electron chi connectivity index (χ0n) is 7.81. The number of rotatable bonds is 1. The zero-order chi connectivity index (χ0) is 9.14. The molecule has 12 heavy (non-hydrogen) atoms. The van der Waals surface area contributed by atoms with E-state index in [9.17, 15) is 0 Å². The SMILES string of the molecule is [C-]#[N+]Cc1c(C)cc(C)cc1C. The number of aryl methyl sites for hydroxylation is 3. The fourth-order valence-corrected chi connectivity index (χ4v) is 1.54. The van der Waals surface area contributed by atoms with Gasteiger partial charge in [-0.3, -0.25) is 0 Å². The number of benzene rings is 1. The van der Waals surface area contributed by atoms with Crippen LogP contribution in [0.2, 0.25) is 0 Å². The molecule has 0 aliphatic heterocycles. The molecule has 0 unspecified atom stereocenters. The third-order valence-corrected chi connectivity index (χ3v) is 2.08. The lowest BCUT2D eigenvalue weighted by Crippen LogP contribution is -1.92. The quantitative estimate of drug-likeness (QED) is 0.555. The van der Waals surface area contributed by atoms with Crippen LogP contribution in [-0.4, -0.2) is 0 Å². The van der Waals surface area contributed by atoms with Gasteiger partial charge in [-0.05, 0) is 31.9 Å². The van der Waals surface area contributed by atoms with Crippen molar-refractivity contribution in [2.75, 3.05) is 0 Å². The van der Waals surface area contributed by atoms with Gasteiger partial charge in [0.2, 0.25) is 6.54 Å². The smallest absolute Gasteiger partial charge is 0.240 e. The van der Waals surface area contributed by atoms with Gasteiger partial charge in [0.1, 0.15) is 0 Å². The summed E-state index contributed by atoms with van der Waals surface area (Å²) in [5, 5.41) is 0. The highest BCUT2D eigenvalue weighted by Crippen LogP contribution is 2.16. The van der Waals surface area contributed by atoms with E-state index in [0.29, 0.717) is 6.54 Å². The van der Waals surface area contributed by atoms with E-state index in [0.717, 1.165) is 0 Å². The maximum atomic E-state index is 6.81. The fraction of sp³-hybridized carbons (Fsp3) is 0.364. The van der Waals surface area contributed by atoms with Crippen molar-refractivity contribution in [2.45, 2.75) is 27.3 Å². The van der Waals surface area contributed by atoms with E-state index >= 15 is 0 Å². The first-order valence-corrected chi connectivity index (χ1v) is 4.05. The van der Waals surface area contributed by atoms with Crippen molar-refractivity contribution in [1.82, 2.24) is 0 Å². The molecular weight excluding hydrogens is 146 g/mol. The summed E-state index contributed by atoms with van der Waals surface area (Å²) < 4.78 is 0. The standard InChI is InChI=1S/C11H13N/c1-8-5-9(2)11(7-12-4)10(3)6-8/h5-6H,7H2,1-3H3. The third-order valence-electron chi connectivity index (χ3n) is 2.08.